The highest BCUT2D eigenvalue weighted by Gasteiger charge is 2.57. The van der Waals surface area contributed by atoms with Gasteiger partial charge in [0.15, 0.2) is 0 Å². The van der Waals surface area contributed by atoms with Crippen LogP contribution in [0.1, 0.15) is 23.5 Å². The fourth-order valence-corrected chi connectivity index (χ4v) is 2.68. The van der Waals surface area contributed by atoms with E-state index >= 15 is 0 Å². The van der Waals surface area contributed by atoms with E-state index in [1.807, 2.05) is 24.3 Å². The summed E-state index contributed by atoms with van der Waals surface area (Å²) in [6.45, 7) is 0.562. The monoisotopic (exact) mass is 213 g/mol. The molecule has 2 fully saturated rings. The Kier molecular flexibility index (Phi) is 1.97. The summed E-state index contributed by atoms with van der Waals surface area (Å²) in [6.07, 6.45) is 0.973. The minimum absolute atomic E-state index is 0.0504. The van der Waals surface area contributed by atoms with Crippen LogP contribution >= 0.6 is 0 Å². The average Bonchev–Trinajstić information content (AvgIpc) is 3.05. The number of esters is 1. The maximum absolute atomic E-state index is 11.5. The Balaban J connectivity index is 1.84. The van der Waals surface area contributed by atoms with E-state index < -0.39 is 0 Å². The molecule has 2 aliphatic rings. The first-order chi connectivity index (χ1) is 7.81. The maximum atomic E-state index is 11.5. The van der Waals surface area contributed by atoms with Crippen LogP contribution < -0.4 is 0 Å². The van der Waals surface area contributed by atoms with Crippen LogP contribution in [0.3, 0.4) is 0 Å². The van der Waals surface area contributed by atoms with Gasteiger partial charge in [-0.25, -0.2) is 0 Å². The van der Waals surface area contributed by atoms with Gasteiger partial charge in [-0.05, 0) is 30.0 Å². The van der Waals surface area contributed by atoms with E-state index in [1.54, 1.807) is 0 Å². The van der Waals surface area contributed by atoms with Gasteiger partial charge in [-0.2, -0.15) is 5.26 Å². The van der Waals surface area contributed by atoms with Crippen LogP contribution in [0, 0.1) is 23.2 Å². The number of cyclic esters (lactones) is 1. The normalized spacial score (nSPS) is 31.2. The molecule has 3 atom stereocenters. The van der Waals surface area contributed by atoms with Crippen LogP contribution in [0.5, 0.6) is 0 Å². The van der Waals surface area contributed by atoms with E-state index in [0.29, 0.717) is 24.0 Å². The van der Waals surface area contributed by atoms with Crippen molar-refractivity contribution in [2.24, 2.45) is 11.8 Å². The van der Waals surface area contributed by atoms with Gasteiger partial charge in [0, 0.05) is 5.92 Å². The second-order valence-electron chi connectivity index (χ2n) is 4.41. The molecular weight excluding hydrogens is 202 g/mol. The molecule has 0 spiro atoms. The number of hydrogen-bond acceptors (Lipinski definition) is 3. The lowest BCUT2D eigenvalue weighted by atomic mass is 10.1. The molecule has 0 amide bonds. The Hall–Kier alpha value is -1.82. The third-order valence-corrected chi connectivity index (χ3v) is 3.56. The van der Waals surface area contributed by atoms with Crippen molar-refractivity contribution < 1.29 is 9.53 Å². The molecule has 3 rings (SSSR count). The number of carbonyl (C=O) groups is 1. The van der Waals surface area contributed by atoms with E-state index in [0.717, 1.165) is 12.0 Å². The van der Waals surface area contributed by atoms with E-state index in [1.165, 1.54) is 0 Å². The quantitative estimate of drug-likeness (QED) is 0.669. The second-order valence-corrected chi connectivity index (χ2v) is 4.41. The Bertz CT molecular complexity index is 472. The number of fused-ring (bicyclic) bond motifs is 1. The fourth-order valence-electron chi connectivity index (χ4n) is 2.68. The average molecular weight is 213 g/mol. The zero-order valence-electron chi connectivity index (χ0n) is 8.72. The largest absolute Gasteiger partial charge is 0.465 e. The molecule has 0 unspecified atom stereocenters. The maximum Gasteiger partial charge on any atom is 0.309 e. The summed E-state index contributed by atoms with van der Waals surface area (Å²) in [7, 11) is 0. The van der Waals surface area contributed by atoms with Gasteiger partial charge in [0.2, 0.25) is 0 Å². The number of ether oxygens (including phenoxy) is 1. The van der Waals surface area contributed by atoms with Crippen LogP contribution in [0.4, 0.5) is 0 Å². The lowest BCUT2D eigenvalue weighted by Gasteiger charge is -2.07. The Labute approximate surface area is 93.6 Å². The van der Waals surface area contributed by atoms with Crippen molar-refractivity contribution in [3.8, 4) is 6.07 Å². The van der Waals surface area contributed by atoms with Crippen LogP contribution in [-0.2, 0) is 9.53 Å². The summed E-state index contributed by atoms with van der Waals surface area (Å²) >= 11 is 0. The van der Waals surface area contributed by atoms with E-state index in [2.05, 4.69) is 6.07 Å². The predicted octanol–water partition coefficient (Wildman–Crippen LogP) is 1.83. The lowest BCUT2D eigenvalue weighted by molar-refractivity contribution is -0.148. The molecule has 0 radical (unpaired) electrons. The smallest absolute Gasteiger partial charge is 0.309 e. The summed E-state index contributed by atoms with van der Waals surface area (Å²) in [4.78, 5) is 11.5. The SMILES string of the molecule is N#Cc1ccc([C@@H]2[C@H]3CCOC(=O)[C@H]32)cc1. The van der Waals surface area contributed by atoms with Crippen molar-refractivity contribution in [3.05, 3.63) is 35.4 Å². The van der Waals surface area contributed by atoms with Crippen LogP contribution in [0.15, 0.2) is 24.3 Å². The highest BCUT2D eigenvalue weighted by atomic mass is 16.5. The lowest BCUT2D eigenvalue weighted by Crippen LogP contribution is -2.15. The van der Waals surface area contributed by atoms with Crippen molar-refractivity contribution >= 4 is 5.97 Å². The Morgan fingerprint density at radius 1 is 1.25 bits per heavy atom. The summed E-state index contributed by atoms with van der Waals surface area (Å²) in [5.41, 5.74) is 1.82. The Morgan fingerprint density at radius 2 is 2.00 bits per heavy atom. The third-order valence-electron chi connectivity index (χ3n) is 3.56. The van der Waals surface area contributed by atoms with Gasteiger partial charge < -0.3 is 4.74 Å². The van der Waals surface area contributed by atoms with E-state index in [-0.39, 0.29) is 11.9 Å². The minimum Gasteiger partial charge on any atom is -0.465 e. The molecule has 1 aliphatic heterocycles. The molecule has 0 bridgehead atoms. The fraction of sp³-hybridized carbons (Fsp3) is 0.385. The van der Waals surface area contributed by atoms with Crippen molar-refractivity contribution in [2.75, 3.05) is 6.61 Å². The van der Waals surface area contributed by atoms with Gasteiger partial charge in [0.05, 0.1) is 24.2 Å². The first kappa shape index (κ1) is 9.41. The van der Waals surface area contributed by atoms with Gasteiger partial charge in [0.1, 0.15) is 0 Å². The summed E-state index contributed by atoms with van der Waals surface area (Å²) in [6, 6.07) is 9.62. The number of carbonyl (C=O) groups excluding carboxylic acids is 1. The van der Waals surface area contributed by atoms with Crippen LogP contribution in [-0.4, -0.2) is 12.6 Å². The molecule has 0 aromatic heterocycles. The van der Waals surface area contributed by atoms with Gasteiger partial charge in [-0.3, -0.25) is 4.79 Å². The van der Waals surface area contributed by atoms with E-state index in [9.17, 15) is 4.79 Å². The molecule has 1 saturated carbocycles. The van der Waals surface area contributed by atoms with Crippen molar-refractivity contribution in [1.82, 2.24) is 0 Å². The number of hydrogen-bond donors (Lipinski definition) is 0. The molecule has 3 nitrogen and oxygen atoms in total. The van der Waals surface area contributed by atoms with Gasteiger partial charge >= 0.3 is 5.97 Å². The van der Waals surface area contributed by atoms with Crippen molar-refractivity contribution in [1.29, 1.82) is 5.26 Å². The summed E-state index contributed by atoms with van der Waals surface area (Å²) in [5, 5.41) is 8.71. The molecule has 1 aliphatic carbocycles. The molecule has 80 valence electrons. The molecule has 0 N–H and O–H groups in total. The predicted molar refractivity (Wildman–Crippen MR) is 56.5 cm³/mol. The van der Waals surface area contributed by atoms with Crippen LogP contribution in [0.2, 0.25) is 0 Å². The number of nitrogens with zero attached hydrogens (tertiary/aromatic N) is 1. The zero-order valence-corrected chi connectivity index (χ0v) is 8.72. The third kappa shape index (κ3) is 1.30. The Morgan fingerprint density at radius 3 is 2.62 bits per heavy atom. The molecule has 3 heteroatoms. The van der Waals surface area contributed by atoms with Gasteiger partial charge in [-0.1, -0.05) is 12.1 Å². The molecule has 1 saturated heterocycles. The highest BCUT2D eigenvalue weighted by Crippen LogP contribution is 2.58. The van der Waals surface area contributed by atoms with Crippen LogP contribution in [0.25, 0.3) is 0 Å². The standard InChI is InChI=1S/C13H11NO2/c14-7-8-1-3-9(4-2-8)11-10-5-6-16-13(15)12(10)11/h1-4,10-12H,5-6H2/t10-,11-,12-/m1/s1. The van der Waals surface area contributed by atoms with Crippen molar-refractivity contribution in [3.63, 3.8) is 0 Å². The van der Waals surface area contributed by atoms with E-state index in [4.69, 9.17) is 10.00 Å². The topological polar surface area (TPSA) is 50.1 Å². The van der Waals surface area contributed by atoms with Crippen molar-refractivity contribution in [2.45, 2.75) is 12.3 Å². The summed E-state index contributed by atoms with van der Waals surface area (Å²) < 4.78 is 5.04. The molecule has 1 aromatic rings. The highest BCUT2D eigenvalue weighted by molar-refractivity contribution is 5.79. The first-order valence-corrected chi connectivity index (χ1v) is 5.48. The number of rotatable bonds is 1. The minimum atomic E-state index is -0.0504. The van der Waals surface area contributed by atoms with Gasteiger partial charge in [-0.15, -0.1) is 0 Å². The second kappa shape index (κ2) is 3.34. The molecular formula is C13H11NO2. The number of nitriles is 1. The summed E-state index contributed by atoms with van der Waals surface area (Å²) in [5.74, 6) is 0.809. The zero-order chi connectivity index (χ0) is 11.1. The molecule has 1 aromatic carbocycles. The van der Waals surface area contributed by atoms with Gasteiger partial charge in [0.25, 0.3) is 0 Å². The number of benzene rings is 1. The first-order valence-electron chi connectivity index (χ1n) is 5.48. The molecule has 1 heterocycles. The molecule has 16 heavy (non-hydrogen) atoms.